The first-order valence-electron chi connectivity index (χ1n) is 42.6. The molecule has 1 fully saturated rings. The SMILES string of the molecule is CCC(C)c1c[c-]c(-c2ccccn2)cc1.Cc1c[c-]c(-c2ccccn2)cc1C.Cc1ccc2c(n1)oc1c(-c3cc(-c4ccc(F)cc4)ccn3)[c-]ccc12.Cc1ccc2c(n1)oc1c(-c3cc(-c4ccc(F)cc4)ccn3)[c-]ccc12.Cc1ccc2c(n1)oc1c(-c3cc(-c4ccc(F)cc4)ccn3)[c-]ccc12.[Ir].[Ir].[Ir].[c-]1cc(C2CCCC2)ccc1-c1ccccn1. The van der Waals surface area contributed by atoms with Crippen molar-refractivity contribution in [2.24, 2.45) is 0 Å². The van der Waals surface area contributed by atoms with Crippen molar-refractivity contribution < 1.29 is 86.7 Å². The van der Waals surface area contributed by atoms with Crippen LogP contribution in [0.1, 0.15) is 97.1 Å². The third-order valence-corrected chi connectivity index (χ3v) is 22.8. The molecular formula is C113H86F3Ir3N9O3-6. The molecule has 1 atom stereocenters. The van der Waals surface area contributed by atoms with E-state index in [1.54, 1.807) is 61.2 Å². The molecular weight excluding hydrogens is 2160 g/mol. The minimum absolute atomic E-state index is 0. The molecule has 0 aliphatic heterocycles. The molecule has 1 saturated carbocycles. The third-order valence-electron chi connectivity index (χ3n) is 22.8. The fourth-order valence-corrected chi connectivity index (χ4v) is 15.5. The number of pyridine rings is 9. The summed E-state index contributed by atoms with van der Waals surface area (Å²) in [5, 5.41) is 5.88. The normalized spacial score (nSPS) is 11.7. The zero-order valence-electron chi connectivity index (χ0n) is 72.7. The summed E-state index contributed by atoms with van der Waals surface area (Å²) in [7, 11) is 0. The Hall–Kier alpha value is -13.5. The van der Waals surface area contributed by atoms with Crippen molar-refractivity contribution in [2.75, 3.05) is 0 Å². The summed E-state index contributed by atoms with van der Waals surface area (Å²) in [6, 6.07) is 109. The number of furan rings is 3. The van der Waals surface area contributed by atoms with Gasteiger partial charge in [-0.25, -0.2) is 28.1 Å². The molecule has 1 aliphatic rings. The number of hydrogen-bond acceptors (Lipinski definition) is 12. The number of benzene rings is 9. The second-order valence-corrected chi connectivity index (χ2v) is 31.5. The minimum atomic E-state index is -0.254. The summed E-state index contributed by atoms with van der Waals surface area (Å²) < 4.78 is 57.8. The molecule has 0 saturated heterocycles. The molecule has 12 heterocycles. The van der Waals surface area contributed by atoms with Gasteiger partial charge in [-0.2, -0.15) is 0 Å². The van der Waals surface area contributed by atoms with Crippen LogP contribution in [0.4, 0.5) is 13.2 Å². The maximum atomic E-state index is 13.2. The molecule has 0 bridgehead atoms. The number of aryl methyl sites for hydroxylation is 5. The zero-order valence-corrected chi connectivity index (χ0v) is 79.9. The zero-order chi connectivity index (χ0) is 88.0. The van der Waals surface area contributed by atoms with Crippen LogP contribution >= 0.6 is 0 Å². The topological polar surface area (TPSA) is 155 Å². The monoisotopic (exact) mass is 2250 g/mol. The Morgan fingerprint density at radius 3 is 1.02 bits per heavy atom. The van der Waals surface area contributed by atoms with Gasteiger partial charge in [0.2, 0.25) is 17.1 Å². The Morgan fingerprint density at radius 1 is 0.328 bits per heavy atom. The molecule has 9 aromatic carbocycles. The molecule has 12 aromatic heterocycles. The summed E-state index contributed by atoms with van der Waals surface area (Å²) in [6.45, 7) is 14.5. The first-order chi connectivity index (χ1) is 62.6. The second-order valence-electron chi connectivity index (χ2n) is 31.5. The Kier molecular flexibility index (Phi) is 31.2. The van der Waals surface area contributed by atoms with E-state index in [4.69, 9.17) is 13.3 Å². The van der Waals surface area contributed by atoms with E-state index in [9.17, 15) is 13.2 Å². The molecule has 0 amide bonds. The molecule has 21 aromatic rings. The Labute approximate surface area is 800 Å². The van der Waals surface area contributed by atoms with E-state index in [0.717, 1.165) is 163 Å². The van der Waals surface area contributed by atoms with E-state index in [0.29, 0.717) is 39.8 Å². The summed E-state index contributed by atoms with van der Waals surface area (Å²) in [5.74, 6) is 0.613. The summed E-state index contributed by atoms with van der Waals surface area (Å²) >= 11 is 0. The first-order valence-corrected chi connectivity index (χ1v) is 42.6. The fraction of sp³-hybridized carbons (Fsp3) is 0.124. The fourth-order valence-electron chi connectivity index (χ4n) is 15.5. The average Bonchev–Trinajstić information content (AvgIpc) is 1.63. The van der Waals surface area contributed by atoms with Gasteiger partial charge in [0.15, 0.2) is 0 Å². The molecule has 1 unspecified atom stereocenters. The van der Waals surface area contributed by atoms with Crippen molar-refractivity contribution in [1.82, 2.24) is 44.9 Å². The van der Waals surface area contributed by atoms with Crippen LogP contribution < -0.4 is 0 Å². The Morgan fingerprint density at radius 2 is 0.687 bits per heavy atom. The van der Waals surface area contributed by atoms with E-state index >= 15 is 0 Å². The van der Waals surface area contributed by atoms with Crippen molar-refractivity contribution in [3.05, 3.63) is 415 Å². The molecule has 0 N–H and O–H groups in total. The van der Waals surface area contributed by atoms with Crippen LogP contribution in [0.2, 0.25) is 0 Å². The van der Waals surface area contributed by atoms with E-state index in [2.05, 4.69) is 151 Å². The number of aromatic nitrogens is 9. The number of hydrogen-bond donors (Lipinski definition) is 0. The Bertz CT molecular complexity index is 6930. The largest absolute Gasteiger partial charge is 0.486 e. The van der Waals surface area contributed by atoms with Gasteiger partial charge in [-0.3, -0.25) is 0 Å². The van der Waals surface area contributed by atoms with Crippen molar-refractivity contribution in [1.29, 1.82) is 0 Å². The van der Waals surface area contributed by atoms with E-state index in [-0.39, 0.29) is 77.8 Å². The first kappa shape index (κ1) is 93.6. The molecule has 22 rings (SSSR count). The summed E-state index contributed by atoms with van der Waals surface area (Å²) in [5.41, 5.74) is 28.5. The van der Waals surface area contributed by atoms with E-state index in [1.807, 2.05) is 203 Å². The minimum Gasteiger partial charge on any atom is -0.486 e. The number of halogens is 3. The molecule has 655 valence electrons. The molecule has 18 heteroatoms. The van der Waals surface area contributed by atoms with Crippen LogP contribution in [-0.2, 0) is 60.3 Å². The van der Waals surface area contributed by atoms with Crippen LogP contribution in [-0.4, -0.2) is 44.9 Å². The van der Waals surface area contributed by atoms with Crippen LogP contribution in [0.15, 0.2) is 336 Å². The second kappa shape index (κ2) is 43.7. The maximum absolute atomic E-state index is 13.2. The molecule has 131 heavy (non-hydrogen) atoms. The summed E-state index contributed by atoms with van der Waals surface area (Å²) in [4.78, 5) is 39.9. The van der Waals surface area contributed by atoms with Crippen molar-refractivity contribution in [3.8, 4) is 101 Å². The van der Waals surface area contributed by atoms with Crippen molar-refractivity contribution in [2.45, 2.75) is 92.4 Å². The van der Waals surface area contributed by atoms with E-state index in [1.165, 1.54) is 84.3 Å². The van der Waals surface area contributed by atoms with Crippen LogP contribution in [0.3, 0.4) is 0 Å². The average molecular weight is 2250 g/mol. The van der Waals surface area contributed by atoms with Gasteiger partial charge in [-0.15, -0.1) is 160 Å². The standard InChI is InChI=1S/3C23H14FN2O.C16H16N.C15H16N.C13H12N.3Ir/c3*1-14-5-10-19-18-3-2-4-20(22(18)27-23(19)26-14)21-13-16(11-12-25-21)15-6-8-17(24)9-7-15;1-2-6-13(5-1)14-8-10-15(11-9-14)16-7-3-4-12-17-16;1-3-12(2)13-7-9-14(10-8-13)15-6-4-5-11-16-15;1-10-6-7-12(9-11(10)2)13-5-3-4-8-14-13;;;/h3*2-3,5-13H,1H3;3-4,7-10,12-13H,1-2,5-6H2;4-9,11-12H,3H2,1-2H3;3-6,8-9H,1-2H3;;;/q6*-1;;;. The van der Waals surface area contributed by atoms with Gasteiger partial charge in [-0.05, 0) is 198 Å². The molecule has 3 radical (unpaired) electrons. The van der Waals surface area contributed by atoms with Gasteiger partial charge >= 0.3 is 0 Å². The number of fused-ring (bicyclic) bond motifs is 9. The predicted molar refractivity (Wildman–Crippen MR) is 506 cm³/mol. The van der Waals surface area contributed by atoms with Gasteiger partial charge in [-0.1, -0.05) is 195 Å². The van der Waals surface area contributed by atoms with Crippen LogP contribution in [0.5, 0.6) is 0 Å². The molecule has 12 nitrogen and oxygen atoms in total. The Balaban J connectivity index is 0.000000128. The van der Waals surface area contributed by atoms with Gasteiger partial charge in [0.25, 0.3) is 0 Å². The smallest absolute Gasteiger partial charge is 0.216 e. The third kappa shape index (κ3) is 22.3. The number of nitrogens with zero attached hydrogens (tertiary/aromatic N) is 9. The van der Waals surface area contributed by atoms with Gasteiger partial charge in [0, 0.05) is 131 Å². The number of rotatable bonds is 12. The molecule has 0 spiro atoms. The van der Waals surface area contributed by atoms with Gasteiger partial charge in [0.1, 0.15) is 17.5 Å². The van der Waals surface area contributed by atoms with Crippen LogP contribution in [0.25, 0.3) is 167 Å². The van der Waals surface area contributed by atoms with E-state index < -0.39 is 0 Å². The molecule has 1 aliphatic carbocycles. The maximum Gasteiger partial charge on any atom is 0.216 e. The van der Waals surface area contributed by atoms with Gasteiger partial charge in [0.05, 0.1) is 16.7 Å². The summed E-state index contributed by atoms with van der Waals surface area (Å²) in [6.07, 6.45) is 17.3. The van der Waals surface area contributed by atoms with Crippen molar-refractivity contribution >= 4 is 66.2 Å². The van der Waals surface area contributed by atoms with Gasteiger partial charge < -0.3 is 43.2 Å². The van der Waals surface area contributed by atoms with Crippen molar-refractivity contribution in [3.63, 3.8) is 0 Å². The predicted octanol–water partition coefficient (Wildman–Crippen LogP) is 29.3. The van der Waals surface area contributed by atoms with Crippen LogP contribution in [0, 0.1) is 88.5 Å². The quantitative estimate of drug-likeness (QED) is 0.107.